The average Bonchev–Trinajstić information content (AvgIpc) is 3.85. The quantitative estimate of drug-likeness (QED) is 0.222. The van der Waals surface area contributed by atoms with Crippen molar-refractivity contribution in [2.24, 2.45) is 5.92 Å². The Bertz CT molecular complexity index is 1960. The van der Waals surface area contributed by atoms with Gasteiger partial charge in [-0.1, -0.05) is 18.2 Å². The normalized spacial score (nSPS) is 16.7. The Morgan fingerprint density at radius 3 is 2.33 bits per heavy atom. The SMILES string of the molecule is CNC(=O)c1cccc(C(=O)N2CC(n3ncc4c3[C@H](C)N(C)c3c(Nc5cc(NC(=O)C6CC6)nnc5C(=O)NC)cccc3-4)C2)n1. The van der Waals surface area contributed by atoms with Crippen LogP contribution in [0.5, 0.6) is 0 Å². The van der Waals surface area contributed by atoms with E-state index in [0.29, 0.717) is 18.8 Å². The molecule has 15 nitrogen and oxygen atoms in total. The number of hydrogen-bond donors (Lipinski definition) is 4. The number of benzene rings is 1. The van der Waals surface area contributed by atoms with Crippen LogP contribution in [0.3, 0.4) is 0 Å². The van der Waals surface area contributed by atoms with E-state index in [0.717, 1.165) is 41.0 Å². The Labute approximate surface area is 276 Å². The molecule has 4 aromatic rings. The first-order valence-electron chi connectivity index (χ1n) is 15.8. The molecular weight excluding hydrogens is 614 g/mol. The van der Waals surface area contributed by atoms with Gasteiger partial charge in [-0.25, -0.2) is 4.98 Å². The fourth-order valence-electron chi connectivity index (χ4n) is 6.20. The van der Waals surface area contributed by atoms with Gasteiger partial charge < -0.3 is 31.1 Å². The van der Waals surface area contributed by atoms with Gasteiger partial charge in [0.05, 0.1) is 41.0 Å². The van der Waals surface area contributed by atoms with Crippen LogP contribution >= 0.6 is 0 Å². The highest BCUT2D eigenvalue weighted by Crippen LogP contribution is 2.49. The third-order valence-electron chi connectivity index (χ3n) is 9.12. The zero-order chi connectivity index (χ0) is 33.7. The van der Waals surface area contributed by atoms with E-state index in [1.165, 1.54) is 14.1 Å². The van der Waals surface area contributed by atoms with Crippen LogP contribution in [0.1, 0.15) is 69.0 Å². The molecular formula is C33H35N11O4. The number of nitrogens with one attached hydrogen (secondary N) is 4. The minimum absolute atomic E-state index is 0.0129. The molecule has 0 spiro atoms. The number of rotatable bonds is 8. The molecule has 0 unspecified atom stereocenters. The highest BCUT2D eigenvalue weighted by atomic mass is 16.2. The molecule has 2 aliphatic heterocycles. The van der Waals surface area contributed by atoms with E-state index in [9.17, 15) is 19.2 Å². The maximum absolute atomic E-state index is 13.2. The number of carbonyl (C=O) groups is 4. The lowest BCUT2D eigenvalue weighted by atomic mass is 9.93. The van der Waals surface area contributed by atoms with E-state index >= 15 is 0 Å². The number of pyridine rings is 1. The smallest absolute Gasteiger partial charge is 0.273 e. The third-order valence-corrected chi connectivity index (χ3v) is 9.12. The van der Waals surface area contributed by atoms with Gasteiger partial charge in [0.25, 0.3) is 17.7 Å². The van der Waals surface area contributed by atoms with Crippen LogP contribution in [0.4, 0.5) is 22.9 Å². The summed E-state index contributed by atoms with van der Waals surface area (Å²) in [5.41, 5.74) is 5.52. The largest absolute Gasteiger partial charge is 0.364 e. The summed E-state index contributed by atoms with van der Waals surface area (Å²) in [4.78, 5) is 58.5. The van der Waals surface area contributed by atoms with Crippen molar-refractivity contribution in [2.45, 2.75) is 31.8 Å². The number of likely N-dealkylation sites (tertiary alicyclic amines) is 1. The summed E-state index contributed by atoms with van der Waals surface area (Å²) in [6, 6.07) is 12.2. The highest BCUT2D eigenvalue weighted by Gasteiger charge is 2.39. The molecule has 3 aliphatic rings. The van der Waals surface area contributed by atoms with Crippen LogP contribution in [0.2, 0.25) is 0 Å². The number of aromatic nitrogens is 5. The molecule has 7 rings (SSSR count). The van der Waals surface area contributed by atoms with Crippen LogP contribution in [0.25, 0.3) is 11.1 Å². The molecule has 1 atom stereocenters. The number of anilines is 4. The van der Waals surface area contributed by atoms with Gasteiger partial charge in [-0.3, -0.25) is 23.9 Å². The van der Waals surface area contributed by atoms with Crippen molar-refractivity contribution in [3.8, 4) is 11.1 Å². The number of para-hydroxylation sites is 1. The van der Waals surface area contributed by atoms with E-state index in [1.807, 2.05) is 36.1 Å². The first-order valence-corrected chi connectivity index (χ1v) is 15.8. The predicted octanol–water partition coefficient (Wildman–Crippen LogP) is 2.75. The second-order valence-electron chi connectivity index (χ2n) is 12.2. The fraction of sp³-hybridized carbons (Fsp3) is 0.333. The van der Waals surface area contributed by atoms with Gasteiger partial charge in [-0.15, -0.1) is 10.2 Å². The summed E-state index contributed by atoms with van der Waals surface area (Å²) in [5.74, 6) is -0.855. The first kappa shape index (κ1) is 30.8. The monoisotopic (exact) mass is 649 g/mol. The van der Waals surface area contributed by atoms with Gasteiger partial charge in [0.1, 0.15) is 11.4 Å². The summed E-state index contributed by atoms with van der Waals surface area (Å²) < 4.78 is 2.00. The molecule has 48 heavy (non-hydrogen) atoms. The first-order chi connectivity index (χ1) is 23.2. The zero-order valence-electron chi connectivity index (χ0n) is 26.9. The van der Waals surface area contributed by atoms with Crippen molar-refractivity contribution in [3.63, 3.8) is 0 Å². The molecule has 3 aromatic heterocycles. The summed E-state index contributed by atoms with van der Waals surface area (Å²) in [7, 11) is 5.05. The highest BCUT2D eigenvalue weighted by molar-refractivity contribution is 6.01. The van der Waals surface area contributed by atoms with Crippen LogP contribution in [-0.2, 0) is 4.79 Å². The van der Waals surface area contributed by atoms with Gasteiger partial charge in [-0.2, -0.15) is 5.10 Å². The van der Waals surface area contributed by atoms with Gasteiger partial charge in [0.15, 0.2) is 11.5 Å². The lowest BCUT2D eigenvalue weighted by Gasteiger charge is -2.42. The van der Waals surface area contributed by atoms with Crippen molar-refractivity contribution >= 4 is 46.5 Å². The van der Waals surface area contributed by atoms with Gasteiger partial charge in [-0.05, 0) is 38.0 Å². The van der Waals surface area contributed by atoms with E-state index in [4.69, 9.17) is 5.10 Å². The van der Waals surface area contributed by atoms with Crippen molar-refractivity contribution < 1.29 is 19.2 Å². The van der Waals surface area contributed by atoms with Crippen molar-refractivity contribution in [1.82, 2.24) is 40.5 Å². The number of hydrogen-bond acceptors (Lipinski definition) is 10. The molecule has 0 bridgehead atoms. The summed E-state index contributed by atoms with van der Waals surface area (Å²) in [5, 5.41) is 24.3. The summed E-state index contributed by atoms with van der Waals surface area (Å²) in [6.07, 6.45) is 3.56. The Hall–Kier alpha value is -5.86. The minimum Gasteiger partial charge on any atom is -0.364 e. The predicted molar refractivity (Wildman–Crippen MR) is 177 cm³/mol. The van der Waals surface area contributed by atoms with E-state index in [2.05, 4.69) is 48.3 Å². The van der Waals surface area contributed by atoms with Gasteiger partial charge in [0, 0.05) is 57.3 Å². The fourth-order valence-corrected chi connectivity index (χ4v) is 6.20. The Kier molecular flexibility index (Phi) is 7.73. The van der Waals surface area contributed by atoms with Crippen molar-refractivity contribution in [2.75, 3.05) is 49.8 Å². The van der Waals surface area contributed by atoms with Crippen LogP contribution < -0.4 is 26.2 Å². The number of nitrogens with zero attached hydrogens (tertiary/aromatic N) is 7. The zero-order valence-corrected chi connectivity index (χ0v) is 26.9. The Morgan fingerprint density at radius 1 is 0.875 bits per heavy atom. The molecule has 1 saturated heterocycles. The average molecular weight is 650 g/mol. The number of amides is 4. The molecule has 2 fully saturated rings. The molecule has 1 aliphatic carbocycles. The second kappa shape index (κ2) is 12.1. The van der Waals surface area contributed by atoms with Crippen LogP contribution in [-0.4, -0.2) is 87.7 Å². The van der Waals surface area contributed by atoms with E-state index in [-0.39, 0.29) is 58.6 Å². The van der Waals surface area contributed by atoms with E-state index in [1.54, 1.807) is 29.2 Å². The van der Waals surface area contributed by atoms with Crippen LogP contribution in [0, 0.1) is 5.92 Å². The molecule has 4 amide bonds. The number of fused-ring (bicyclic) bond motifs is 3. The van der Waals surface area contributed by atoms with Crippen molar-refractivity contribution in [1.29, 1.82) is 0 Å². The third kappa shape index (κ3) is 5.36. The molecule has 4 N–H and O–H groups in total. The van der Waals surface area contributed by atoms with Gasteiger partial charge in [0.2, 0.25) is 5.91 Å². The Morgan fingerprint density at radius 2 is 1.60 bits per heavy atom. The Balaban J connectivity index is 1.15. The standard InChI is InChI=1S/C33H35N11O4/c1-17-28-21(14-36-44(28)19-15-43(16-19)33(48)24-10-6-9-23(38-24)31(46)34-2)20-7-5-8-22(29(20)42(17)4)37-25-13-26(39-30(45)18-11-12-18)40-41-27(25)32(47)35-3/h5-10,13-14,17-19H,11-12,15-16H2,1-4H3,(H,34,46)(H,35,47)(H2,37,39,40,45)/t17-/m0/s1. The molecule has 1 saturated carbocycles. The molecule has 1 aromatic carbocycles. The van der Waals surface area contributed by atoms with E-state index < -0.39 is 5.91 Å². The van der Waals surface area contributed by atoms with Gasteiger partial charge >= 0.3 is 0 Å². The summed E-state index contributed by atoms with van der Waals surface area (Å²) in [6.45, 7) is 3.02. The minimum atomic E-state index is -0.414. The topological polar surface area (TPSA) is 179 Å². The number of carbonyl (C=O) groups excluding carboxylic acids is 4. The molecule has 15 heteroatoms. The van der Waals surface area contributed by atoms with Crippen molar-refractivity contribution in [3.05, 3.63) is 71.4 Å². The lowest BCUT2D eigenvalue weighted by Crippen LogP contribution is -2.52. The van der Waals surface area contributed by atoms with Crippen LogP contribution in [0.15, 0.2) is 48.7 Å². The maximum atomic E-state index is 13.2. The lowest BCUT2D eigenvalue weighted by molar-refractivity contribution is -0.117. The molecule has 0 radical (unpaired) electrons. The molecule has 5 heterocycles. The maximum Gasteiger partial charge on any atom is 0.273 e. The summed E-state index contributed by atoms with van der Waals surface area (Å²) >= 11 is 0. The second-order valence-corrected chi connectivity index (χ2v) is 12.2. The molecule has 246 valence electrons.